The SMILES string of the molecule is O=C(NCC(O)CO)Nc1cccc2c1CCCC2. The average Bonchev–Trinajstić information content (AvgIpc) is 2.45. The number of carbonyl (C=O) groups excluding carboxylic acids is 1. The topological polar surface area (TPSA) is 81.6 Å². The van der Waals surface area contributed by atoms with Gasteiger partial charge < -0.3 is 20.8 Å². The number of rotatable bonds is 4. The molecule has 2 rings (SSSR count). The highest BCUT2D eigenvalue weighted by molar-refractivity contribution is 5.90. The minimum absolute atomic E-state index is 0.0390. The first-order chi connectivity index (χ1) is 9.20. The molecule has 1 aliphatic carbocycles. The third kappa shape index (κ3) is 3.68. The van der Waals surface area contributed by atoms with E-state index in [0.717, 1.165) is 24.9 Å². The lowest BCUT2D eigenvalue weighted by molar-refractivity contribution is 0.0965. The largest absolute Gasteiger partial charge is 0.394 e. The highest BCUT2D eigenvalue weighted by Crippen LogP contribution is 2.27. The van der Waals surface area contributed by atoms with Gasteiger partial charge in [0.2, 0.25) is 0 Å². The summed E-state index contributed by atoms with van der Waals surface area (Å²) in [6, 6.07) is 5.59. The van der Waals surface area contributed by atoms with E-state index in [2.05, 4.69) is 16.7 Å². The van der Waals surface area contributed by atoms with Crippen LogP contribution in [0.25, 0.3) is 0 Å². The third-order valence-corrected chi connectivity index (χ3v) is 3.35. The first kappa shape index (κ1) is 13.8. The Morgan fingerprint density at radius 3 is 2.89 bits per heavy atom. The third-order valence-electron chi connectivity index (χ3n) is 3.35. The molecule has 0 aromatic heterocycles. The number of benzene rings is 1. The van der Waals surface area contributed by atoms with Crippen LogP contribution in [0.4, 0.5) is 10.5 Å². The summed E-state index contributed by atoms with van der Waals surface area (Å²) >= 11 is 0. The van der Waals surface area contributed by atoms with Crippen LogP contribution in [0.15, 0.2) is 18.2 Å². The molecular weight excluding hydrogens is 244 g/mol. The molecule has 0 radical (unpaired) electrons. The number of hydrogen-bond acceptors (Lipinski definition) is 3. The van der Waals surface area contributed by atoms with E-state index in [1.165, 1.54) is 17.5 Å². The van der Waals surface area contributed by atoms with Gasteiger partial charge in [-0.05, 0) is 42.9 Å². The van der Waals surface area contributed by atoms with E-state index in [-0.39, 0.29) is 19.2 Å². The van der Waals surface area contributed by atoms with Gasteiger partial charge in [0.1, 0.15) is 0 Å². The number of aryl methyl sites for hydroxylation is 1. The van der Waals surface area contributed by atoms with Crippen LogP contribution in [-0.4, -0.2) is 35.5 Å². The quantitative estimate of drug-likeness (QED) is 0.656. The van der Waals surface area contributed by atoms with Crippen LogP contribution < -0.4 is 10.6 Å². The summed E-state index contributed by atoms with van der Waals surface area (Å²) in [5, 5.41) is 23.2. The van der Waals surface area contributed by atoms with Gasteiger partial charge >= 0.3 is 6.03 Å². The van der Waals surface area contributed by atoms with E-state index in [0.29, 0.717) is 0 Å². The first-order valence-corrected chi connectivity index (χ1v) is 6.65. The molecule has 0 fully saturated rings. The number of amides is 2. The van der Waals surface area contributed by atoms with Crippen molar-refractivity contribution in [1.29, 1.82) is 0 Å². The summed E-state index contributed by atoms with van der Waals surface area (Å²) in [7, 11) is 0. The monoisotopic (exact) mass is 264 g/mol. The van der Waals surface area contributed by atoms with Crippen LogP contribution in [0.5, 0.6) is 0 Å². The summed E-state index contributed by atoms with van der Waals surface area (Å²) in [5.74, 6) is 0. The molecule has 0 saturated carbocycles. The highest BCUT2D eigenvalue weighted by Gasteiger charge is 2.14. The molecule has 0 aliphatic heterocycles. The van der Waals surface area contributed by atoms with Gasteiger partial charge in [-0.15, -0.1) is 0 Å². The molecule has 4 N–H and O–H groups in total. The fourth-order valence-electron chi connectivity index (χ4n) is 2.34. The molecule has 19 heavy (non-hydrogen) atoms. The van der Waals surface area contributed by atoms with Crippen LogP contribution in [0.1, 0.15) is 24.0 Å². The molecular formula is C14H20N2O3. The van der Waals surface area contributed by atoms with E-state index < -0.39 is 6.10 Å². The Balaban J connectivity index is 1.97. The maximum Gasteiger partial charge on any atom is 0.319 e. The Bertz CT molecular complexity index is 448. The molecule has 2 amide bonds. The molecule has 0 spiro atoms. The predicted molar refractivity (Wildman–Crippen MR) is 73.2 cm³/mol. The van der Waals surface area contributed by atoms with Crippen molar-refractivity contribution in [2.24, 2.45) is 0 Å². The lowest BCUT2D eigenvalue weighted by Crippen LogP contribution is -2.36. The van der Waals surface area contributed by atoms with E-state index in [1.807, 2.05) is 12.1 Å². The van der Waals surface area contributed by atoms with Crippen LogP contribution >= 0.6 is 0 Å². The number of urea groups is 1. The number of anilines is 1. The second-order valence-corrected chi connectivity index (χ2v) is 4.82. The van der Waals surface area contributed by atoms with Crippen molar-refractivity contribution in [1.82, 2.24) is 5.32 Å². The number of fused-ring (bicyclic) bond motifs is 1. The number of hydrogen-bond donors (Lipinski definition) is 4. The fourth-order valence-corrected chi connectivity index (χ4v) is 2.34. The van der Waals surface area contributed by atoms with Gasteiger partial charge in [-0.25, -0.2) is 4.79 Å². The lowest BCUT2D eigenvalue weighted by Gasteiger charge is -2.20. The lowest BCUT2D eigenvalue weighted by atomic mass is 9.90. The van der Waals surface area contributed by atoms with E-state index in [9.17, 15) is 9.90 Å². The number of nitrogens with one attached hydrogen (secondary N) is 2. The van der Waals surface area contributed by atoms with Crippen molar-refractivity contribution in [3.05, 3.63) is 29.3 Å². The zero-order valence-corrected chi connectivity index (χ0v) is 10.9. The molecule has 0 saturated heterocycles. The van der Waals surface area contributed by atoms with Crippen molar-refractivity contribution in [3.8, 4) is 0 Å². The van der Waals surface area contributed by atoms with Gasteiger partial charge in [-0.3, -0.25) is 0 Å². The molecule has 1 aromatic carbocycles. The molecule has 0 heterocycles. The van der Waals surface area contributed by atoms with Crippen molar-refractivity contribution in [3.63, 3.8) is 0 Å². The number of carbonyl (C=O) groups is 1. The fraction of sp³-hybridized carbons (Fsp3) is 0.500. The summed E-state index contributed by atoms with van der Waals surface area (Å²) in [6.07, 6.45) is 3.48. The Kier molecular flexibility index (Phi) is 4.76. The molecule has 5 heteroatoms. The zero-order valence-electron chi connectivity index (χ0n) is 10.9. The summed E-state index contributed by atoms with van der Waals surface area (Å²) in [5.41, 5.74) is 3.36. The Hall–Kier alpha value is -1.59. The van der Waals surface area contributed by atoms with Gasteiger partial charge in [-0.2, -0.15) is 0 Å². The van der Waals surface area contributed by atoms with E-state index >= 15 is 0 Å². The average molecular weight is 264 g/mol. The van der Waals surface area contributed by atoms with E-state index in [4.69, 9.17) is 5.11 Å². The highest BCUT2D eigenvalue weighted by atomic mass is 16.3. The van der Waals surface area contributed by atoms with Crippen molar-refractivity contribution in [2.75, 3.05) is 18.5 Å². The molecule has 5 nitrogen and oxygen atoms in total. The van der Waals surface area contributed by atoms with Gasteiger partial charge in [0, 0.05) is 12.2 Å². The Morgan fingerprint density at radius 2 is 2.11 bits per heavy atom. The minimum Gasteiger partial charge on any atom is -0.394 e. The summed E-state index contributed by atoms with van der Waals surface area (Å²) < 4.78 is 0. The smallest absolute Gasteiger partial charge is 0.319 e. The Labute approximate surface area is 112 Å². The Morgan fingerprint density at radius 1 is 1.32 bits per heavy atom. The van der Waals surface area contributed by atoms with Crippen molar-refractivity contribution in [2.45, 2.75) is 31.8 Å². The molecule has 1 unspecified atom stereocenters. The summed E-state index contributed by atoms with van der Waals surface area (Å²) in [6.45, 7) is -0.321. The van der Waals surface area contributed by atoms with Gasteiger partial charge in [0.25, 0.3) is 0 Å². The minimum atomic E-state index is -0.921. The van der Waals surface area contributed by atoms with Gasteiger partial charge in [0.15, 0.2) is 0 Å². The first-order valence-electron chi connectivity index (χ1n) is 6.65. The number of aliphatic hydroxyl groups excluding tert-OH is 2. The second kappa shape index (κ2) is 6.54. The normalized spacial score (nSPS) is 15.5. The maximum absolute atomic E-state index is 11.7. The number of aliphatic hydroxyl groups is 2. The van der Waals surface area contributed by atoms with Crippen LogP contribution in [-0.2, 0) is 12.8 Å². The predicted octanol–water partition coefficient (Wildman–Crippen LogP) is 1.04. The molecule has 1 atom stereocenters. The molecule has 0 bridgehead atoms. The summed E-state index contributed by atoms with van der Waals surface area (Å²) in [4.78, 5) is 11.7. The van der Waals surface area contributed by atoms with Crippen LogP contribution in [0.2, 0.25) is 0 Å². The van der Waals surface area contributed by atoms with Crippen molar-refractivity contribution < 1.29 is 15.0 Å². The molecule has 1 aliphatic rings. The van der Waals surface area contributed by atoms with Gasteiger partial charge in [0.05, 0.1) is 12.7 Å². The van der Waals surface area contributed by atoms with Crippen LogP contribution in [0.3, 0.4) is 0 Å². The second-order valence-electron chi connectivity index (χ2n) is 4.82. The standard InChI is InChI=1S/C14H20N2O3/c17-9-11(18)8-15-14(19)16-13-7-3-5-10-4-1-2-6-12(10)13/h3,5,7,11,17-18H,1-2,4,6,8-9H2,(H2,15,16,19). The molecule has 104 valence electrons. The molecule has 1 aromatic rings. The van der Waals surface area contributed by atoms with Crippen molar-refractivity contribution >= 4 is 11.7 Å². The van der Waals surface area contributed by atoms with E-state index in [1.54, 1.807) is 0 Å². The van der Waals surface area contributed by atoms with Crippen LogP contribution in [0, 0.1) is 0 Å². The van der Waals surface area contributed by atoms with Gasteiger partial charge in [-0.1, -0.05) is 12.1 Å². The zero-order chi connectivity index (χ0) is 13.7. The maximum atomic E-state index is 11.7.